The smallest absolute Gasteiger partial charge is 0.230 e. The Morgan fingerprint density at radius 2 is 1.96 bits per heavy atom. The van der Waals surface area contributed by atoms with Gasteiger partial charge in [0.15, 0.2) is 9.84 Å². The molecule has 0 radical (unpaired) electrons. The van der Waals surface area contributed by atoms with Gasteiger partial charge in [-0.1, -0.05) is 18.6 Å². The fourth-order valence-electron chi connectivity index (χ4n) is 3.23. The first kappa shape index (κ1) is 17.4. The number of carbonyl (C=O) groups is 1. The van der Waals surface area contributed by atoms with Crippen LogP contribution < -0.4 is 5.32 Å². The van der Waals surface area contributed by atoms with Crippen LogP contribution in [0.3, 0.4) is 0 Å². The van der Waals surface area contributed by atoms with E-state index in [4.69, 9.17) is 9.47 Å². The molecule has 1 aromatic rings. The molecule has 132 valence electrons. The monoisotopic (exact) mass is 353 g/mol. The van der Waals surface area contributed by atoms with Gasteiger partial charge in [0.2, 0.25) is 5.91 Å². The summed E-state index contributed by atoms with van der Waals surface area (Å²) in [6, 6.07) is 6.68. The summed E-state index contributed by atoms with van der Waals surface area (Å²) in [5, 5.41) is 2.98. The lowest BCUT2D eigenvalue weighted by molar-refractivity contribution is -0.132. The molecule has 1 heterocycles. The van der Waals surface area contributed by atoms with Gasteiger partial charge in [0.25, 0.3) is 0 Å². The highest BCUT2D eigenvalue weighted by Crippen LogP contribution is 2.44. The lowest BCUT2D eigenvalue weighted by Gasteiger charge is -2.41. The summed E-state index contributed by atoms with van der Waals surface area (Å²) in [7, 11) is -3.23. The average molecular weight is 353 g/mol. The summed E-state index contributed by atoms with van der Waals surface area (Å²) in [6.07, 6.45) is 3.62. The summed E-state index contributed by atoms with van der Waals surface area (Å²) in [5.74, 6) is -0.0185. The van der Waals surface area contributed by atoms with Crippen LogP contribution in [-0.4, -0.2) is 53.1 Å². The first-order chi connectivity index (χ1) is 11.4. The van der Waals surface area contributed by atoms with E-state index in [1.165, 1.54) is 6.26 Å². The summed E-state index contributed by atoms with van der Waals surface area (Å²) in [6.45, 7) is 2.08. The third kappa shape index (κ3) is 3.48. The van der Waals surface area contributed by atoms with Gasteiger partial charge in [-0.3, -0.25) is 4.79 Å². The Kier molecular flexibility index (Phi) is 4.94. The normalized spacial score (nSPS) is 23.3. The zero-order chi connectivity index (χ0) is 17.2. The number of ether oxygens (including phenoxy) is 2. The molecule has 2 aliphatic rings. The minimum atomic E-state index is -3.23. The fraction of sp³-hybridized carbons (Fsp3) is 0.588. The Balaban J connectivity index is 1.70. The molecule has 24 heavy (non-hydrogen) atoms. The van der Waals surface area contributed by atoms with Crippen molar-refractivity contribution >= 4 is 15.7 Å². The van der Waals surface area contributed by atoms with E-state index in [1.54, 1.807) is 24.3 Å². The van der Waals surface area contributed by atoms with E-state index in [9.17, 15) is 13.2 Å². The number of hydrogen-bond donors (Lipinski definition) is 1. The topological polar surface area (TPSA) is 81.7 Å². The van der Waals surface area contributed by atoms with Gasteiger partial charge in [-0.05, 0) is 30.5 Å². The Morgan fingerprint density at radius 1 is 1.25 bits per heavy atom. The Morgan fingerprint density at radius 3 is 2.46 bits per heavy atom. The van der Waals surface area contributed by atoms with Gasteiger partial charge in [-0.2, -0.15) is 0 Å². The molecule has 1 N–H and O–H groups in total. The van der Waals surface area contributed by atoms with Crippen molar-refractivity contribution in [3.05, 3.63) is 29.8 Å². The molecule has 0 aromatic heterocycles. The van der Waals surface area contributed by atoms with Crippen LogP contribution in [0, 0.1) is 0 Å². The van der Waals surface area contributed by atoms with Crippen molar-refractivity contribution in [1.82, 2.24) is 5.32 Å². The minimum Gasteiger partial charge on any atom is -0.376 e. The summed E-state index contributed by atoms with van der Waals surface area (Å²) >= 11 is 0. The standard InChI is InChI=1S/C17H23NO5S/c1-24(20,21)15-5-3-13(4-6-15)17(7-2-8-17)16(19)18-11-14-12-22-9-10-23-14/h3-6,14H,2,7-12H2,1H3,(H,18,19). The van der Waals surface area contributed by atoms with Crippen LogP contribution in [0.2, 0.25) is 0 Å². The van der Waals surface area contributed by atoms with Crippen molar-refractivity contribution in [2.75, 3.05) is 32.6 Å². The first-order valence-electron chi connectivity index (χ1n) is 8.20. The Hall–Kier alpha value is -1.44. The van der Waals surface area contributed by atoms with E-state index in [-0.39, 0.29) is 16.9 Å². The molecule has 1 saturated carbocycles. The predicted octanol–water partition coefficient (Wildman–Crippen LogP) is 1.04. The van der Waals surface area contributed by atoms with Crippen molar-refractivity contribution in [3.8, 4) is 0 Å². The number of benzene rings is 1. The maximum absolute atomic E-state index is 12.7. The van der Waals surface area contributed by atoms with E-state index in [0.717, 1.165) is 24.8 Å². The van der Waals surface area contributed by atoms with E-state index in [2.05, 4.69) is 5.32 Å². The molecule has 3 rings (SSSR count). The third-order valence-electron chi connectivity index (χ3n) is 4.85. The lowest BCUT2D eigenvalue weighted by atomic mass is 9.64. The number of hydrogen-bond acceptors (Lipinski definition) is 5. The lowest BCUT2D eigenvalue weighted by Crippen LogP contribution is -2.51. The molecule has 1 aliphatic carbocycles. The van der Waals surface area contributed by atoms with Crippen molar-refractivity contribution in [2.24, 2.45) is 0 Å². The van der Waals surface area contributed by atoms with Gasteiger partial charge in [-0.15, -0.1) is 0 Å². The van der Waals surface area contributed by atoms with Gasteiger partial charge in [0.05, 0.1) is 36.2 Å². The Labute approximate surface area is 142 Å². The molecule has 1 aromatic carbocycles. The molecular weight excluding hydrogens is 330 g/mol. The largest absolute Gasteiger partial charge is 0.376 e. The van der Waals surface area contributed by atoms with Crippen molar-refractivity contribution < 1.29 is 22.7 Å². The van der Waals surface area contributed by atoms with Crippen LogP contribution in [0.4, 0.5) is 0 Å². The highest BCUT2D eigenvalue weighted by atomic mass is 32.2. The van der Waals surface area contributed by atoms with Gasteiger partial charge in [0, 0.05) is 12.8 Å². The predicted molar refractivity (Wildman–Crippen MR) is 88.6 cm³/mol. The average Bonchev–Trinajstić information content (AvgIpc) is 2.52. The molecule has 2 fully saturated rings. The van der Waals surface area contributed by atoms with Crippen LogP contribution >= 0.6 is 0 Å². The molecule has 1 unspecified atom stereocenters. The van der Waals surface area contributed by atoms with Gasteiger partial charge < -0.3 is 14.8 Å². The van der Waals surface area contributed by atoms with Gasteiger partial charge in [-0.25, -0.2) is 8.42 Å². The second kappa shape index (κ2) is 6.82. The Bertz CT molecular complexity index is 688. The highest BCUT2D eigenvalue weighted by molar-refractivity contribution is 7.90. The maximum atomic E-state index is 12.7. The molecule has 1 saturated heterocycles. The zero-order valence-corrected chi connectivity index (χ0v) is 14.6. The van der Waals surface area contributed by atoms with E-state index >= 15 is 0 Å². The van der Waals surface area contributed by atoms with Crippen LogP contribution in [-0.2, 0) is 29.5 Å². The van der Waals surface area contributed by atoms with Gasteiger partial charge in [0.1, 0.15) is 0 Å². The first-order valence-corrected chi connectivity index (χ1v) is 10.1. The molecule has 1 atom stereocenters. The van der Waals surface area contributed by atoms with Crippen LogP contribution in [0.25, 0.3) is 0 Å². The van der Waals surface area contributed by atoms with E-state index in [0.29, 0.717) is 26.4 Å². The van der Waals surface area contributed by atoms with Crippen molar-refractivity contribution in [2.45, 2.75) is 35.7 Å². The highest BCUT2D eigenvalue weighted by Gasteiger charge is 2.45. The number of rotatable bonds is 5. The number of sulfone groups is 1. The minimum absolute atomic E-state index is 0.0185. The summed E-state index contributed by atoms with van der Waals surface area (Å²) in [5.41, 5.74) is 0.324. The second-order valence-electron chi connectivity index (χ2n) is 6.51. The third-order valence-corrected chi connectivity index (χ3v) is 5.98. The number of amides is 1. The molecule has 6 nitrogen and oxygen atoms in total. The number of nitrogens with one attached hydrogen (secondary N) is 1. The molecule has 0 bridgehead atoms. The maximum Gasteiger partial charge on any atom is 0.230 e. The summed E-state index contributed by atoms with van der Waals surface area (Å²) in [4.78, 5) is 13.0. The summed E-state index contributed by atoms with van der Waals surface area (Å²) < 4.78 is 34.0. The quantitative estimate of drug-likeness (QED) is 0.855. The second-order valence-corrected chi connectivity index (χ2v) is 8.53. The zero-order valence-electron chi connectivity index (χ0n) is 13.8. The molecule has 0 spiro atoms. The SMILES string of the molecule is CS(=O)(=O)c1ccc(C2(C(=O)NCC3COCCO3)CCC2)cc1. The molecule has 1 aliphatic heterocycles. The van der Waals surface area contributed by atoms with Crippen LogP contribution in [0.5, 0.6) is 0 Å². The van der Waals surface area contributed by atoms with Crippen LogP contribution in [0.1, 0.15) is 24.8 Å². The van der Waals surface area contributed by atoms with Crippen molar-refractivity contribution in [3.63, 3.8) is 0 Å². The van der Waals surface area contributed by atoms with E-state index in [1.807, 2.05) is 0 Å². The van der Waals surface area contributed by atoms with E-state index < -0.39 is 15.3 Å². The number of carbonyl (C=O) groups excluding carboxylic acids is 1. The molecular formula is C17H23NO5S. The molecule has 7 heteroatoms. The van der Waals surface area contributed by atoms with Gasteiger partial charge >= 0.3 is 0 Å². The fourth-order valence-corrected chi connectivity index (χ4v) is 3.86. The molecule has 1 amide bonds. The van der Waals surface area contributed by atoms with Crippen molar-refractivity contribution in [1.29, 1.82) is 0 Å². The van der Waals surface area contributed by atoms with Crippen LogP contribution in [0.15, 0.2) is 29.2 Å².